The van der Waals surface area contributed by atoms with Crippen LogP contribution in [0.4, 0.5) is 0 Å². The van der Waals surface area contributed by atoms with E-state index in [0.29, 0.717) is 13.0 Å². The van der Waals surface area contributed by atoms with Gasteiger partial charge in [0, 0.05) is 13.0 Å². The number of amides is 1. The highest BCUT2D eigenvalue weighted by Crippen LogP contribution is 2.25. The zero-order chi connectivity index (χ0) is 12.7. The molecule has 0 saturated carbocycles. The molecule has 1 unspecified atom stereocenters. The number of hydrogen-bond acceptors (Lipinski definition) is 2. The Balaban J connectivity index is 2.12. The molecule has 2 aromatic rings. The molecule has 5 heteroatoms. The van der Waals surface area contributed by atoms with Crippen LogP contribution in [0.5, 0.6) is 0 Å². The molecule has 1 atom stereocenters. The highest BCUT2D eigenvalue weighted by Gasteiger charge is 2.21. The molecule has 0 spiro atoms. The summed E-state index contributed by atoms with van der Waals surface area (Å²) in [5.74, 6) is 0.133. The summed E-state index contributed by atoms with van der Waals surface area (Å²) in [6.07, 6.45) is 1.42. The maximum Gasteiger partial charge on any atom is 0.220 e. The third kappa shape index (κ3) is 1.75. The Morgan fingerprint density at radius 3 is 3.00 bits per heavy atom. The predicted octanol–water partition coefficient (Wildman–Crippen LogP) is 2.46. The number of aromatic nitrogens is 2. The average molecular weight is 261 g/mol. The van der Waals surface area contributed by atoms with E-state index in [4.69, 9.17) is 12.2 Å². The number of nitrogens with zero attached hydrogens (tertiary/aromatic N) is 1. The van der Waals surface area contributed by atoms with Crippen LogP contribution in [0.15, 0.2) is 18.2 Å². The fourth-order valence-corrected chi connectivity index (χ4v) is 2.94. The summed E-state index contributed by atoms with van der Waals surface area (Å²) in [4.78, 5) is 14.5. The Bertz CT molecular complexity index is 660. The molecular weight excluding hydrogens is 246 g/mol. The molecule has 0 radical (unpaired) electrons. The van der Waals surface area contributed by atoms with Gasteiger partial charge in [0.1, 0.15) is 0 Å². The van der Waals surface area contributed by atoms with Crippen LogP contribution < -0.4 is 5.32 Å². The van der Waals surface area contributed by atoms with Gasteiger partial charge in [-0.2, -0.15) is 0 Å². The summed E-state index contributed by atoms with van der Waals surface area (Å²) in [5, 5.41) is 2.91. The van der Waals surface area contributed by atoms with E-state index in [1.807, 2.05) is 6.07 Å². The topological polar surface area (TPSA) is 49.8 Å². The molecule has 1 saturated heterocycles. The number of aromatic amines is 1. The van der Waals surface area contributed by atoms with Gasteiger partial charge < -0.3 is 14.9 Å². The van der Waals surface area contributed by atoms with Gasteiger partial charge in [-0.25, -0.2) is 0 Å². The summed E-state index contributed by atoms with van der Waals surface area (Å²) >= 11 is 5.42. The Morgan fingerprint density at radius 1 is 1.44 bits per heavy atom. The van der Waals surface area contributed by atoms with E-state index in [0.717, 1.165) is 22.2 Å². The van der Waals surface area contributed by atoms with Crippen molar-refractivity contribution in [1.29, 1.82) is 0 Å². The Morgan fingerprint density at radius 2 is 2.28 bits per heavy atom. The van der Waals surface area contributed by atoms with Crippen LogP contribution in [-0.4, -0.2) is 22.0 Å². The minimum absolute atomic E-state index is 0.133. The fraction of sp³-hybridized carbons (Fsp3) is 0.385. The molecule has 4 nitrogen and oxygen atoms in total. The summed E-state index contributed by atoms with van der Waals surface area (Å²) in [7, 11) is 0. The standard InChI is InChI=1S/C13H15N3OS/c1-8-3-2-4-10-12(8)15-13(18)16(10)9-5-6-11(17)14-7-9/h2-4,9H,5-7H2,1H3,(H,14,17)(H,15,18). The van der Waals surface area contributed by atoms with Crippen LogP contribution in [0.25, 0.3) is 11.0 Å². The van der Waals surface area contributed by atoms with Crippen molar-refractivity contribution in [2.75, 3.05) is 6.54 Å². The van der Waals surface area contributed by atoms with Gasteiger partial charge >= 0.3 is 0 Å². The number of fused-ring (bicyclic) bond motifs is 1. The van der Waals surface area contributed by atoms with Gasteiger partial charge in [-0.3, -0.25) is 4.79 Å². The molecule has 1 aromatic heterocycles. The molecule has 1 aliphatic heterocycles. The lowest BCUT2D eigenvalue weighted by Gasteiger charge is -2.24. The Hall–Kier alpha value is -1.62. The van der Waals surface area contributed by atoms with E-state index in [1.54, 1.807) is 0 Å². The second-order valence-electron chi connectivity index (χ2n) is 4.77. The second-order valence-corrected chi connectivity index (χ2v) is 5.15. The number of carbonyl (C=O) groups is 1. The molecule has 3 rings (SSSR count). The third-order valence-corrected chi connectivity index (χ3v) is 3.86. The van der Waals surface area contributed by atoms with Crippen LogP contribution in [0.1, 0.15) is 24.4 Å². The minimum Gasteiger partial charge on any atom is -0.354 e. The maximum absolute atomic E-state index is 11.2. The van der Waals surface area contributed by atoms with E-state index in [1.165, 1.54) is 5.56 Å². The highest BCUT2D eigenvalue weighted by molar-refractivity contribution is 7.71. The van der Waals surface area contributed by atoms with Crippen LogP contribution in [0.3, 0.4) is 0 Å². The number of piperidine rings is 1. The first kappa shape index (κ1) is 11.5. The number of carbonyl (C=O) groups excluding carboxylic acids is 1. The summed E-state index contributed by atoms with van der Waals surface area (Å²) < 4.78 is 2.87. The van der Waals surface area contributed by atoms with E-state index < -0.39 is 0 Å². The first-order valence-corrected chi connectivity index (χ1v) is 6.54. The van der Waals surface area contributed by atoms with Crippen molar-refractivity contribution in [1.82, 2.24) is 14.9 Å². The molecule has 94 valence electrons. The lowest BCUT2D eigenvalue weighted by Crippen LogP contribution is -2.36. The molecule has 0 bridgehead atoms. The zero-order valence-electron chi connectivity index (χ0n) is 10.2. The highest BCUT2D eigenvalue weighted by atomic mass is 32.1. The van der Waals surface area contributed by atoms with Gasteiger partial charge in [-0.15, -0.1) is 0 Å². The van der Waals surface area contributed by atoms with Gasteiger partial charge in [-0.05, 0) is 37.2 Å². The summed E-state index contributed by atoms with van der Waals surface area (Å²) in [6.45, 7) is 2.73. The lowest BCUT2D eigenvalue weighted by molar-refractivity contribution is -0.122. The molecule has 2 heterocycles. The number of imidazole rings is 1. The SMILES string of the molecule is Cc1cccc2c1[nH]c(=S)n2C1CCC(=O)NC1. The van der Waals surface area contributed by atoms with Gasteiger partial charge in [0.25, 0.3) is 0 Å². The largest absolute Gasteiger partial charge is 0.354 e. The molecule has 1 aromatic carbocycles. The van der Waals surface area contributed by atoms with Crippen LogP contribution in [0, 0.1) is 11.7 Å². The van der Waals surface area contributed by atoms with E-state index >= 15 is 0 Å². The van der Waals surface area contributed by atoms with Crippen molar-refractivity contribution < 1.29 is 4.79 Å². The van der Waals surface area contributed by atoms with Gasteiger partial charge in [0.05, 0.1) is 17.1 Å². The molecular formula is C13H15N3OS. The second kappa shape index (κ2) is 4.24. The van der Waals surface area contributed by atoms with Crippen molar-refractivity contribution in [2.45, 2.75) is 25.8 Å². The number of benzene rings is 1. The number of rotatable bonds is 1. The quantitative estimate of drug-likeness (QED) is 0.775. The third-order valence-electron chi connectivity index (χ3n) is 3.57. The first-order chi connectivity index (χ1) is 8.66. The Labute approximate surface area is 110 Å². The van der Waals surface area contributed by atoms with Crippen LogP contribution in [0.2, 0.25) is 0 Å². The molecule has 0 aliphatic carbocycles. The summed E-state index contributed by atoms with van der Waals surface area (Å²) in [6, 6.07) is 6.44. The van der Waals surface area contributed by atoms with Crippen molar-refractivity contribution >= 4 is 29.2 Å². The van der Waals surface area contributed by atoms with Crippen LogP contribution in [-0.2, 0) is 4.79 Å². The minimum atomic E-state index is 0.133. The van der Waals surface area contributed by atoms with Gasteiger partial charge in [0.2, 0.25) is 5.91 Å². The predicted molar refractivity (Wildman–Crippen MR) is 73.1 cm³/mol. The van der Waals surface area contributed by atoms with Crippen molar-refractivity contribution in [3.63, 3.8) is 0 Å². The smallest absolute Gasteiger partial charge is 0.220 e. The fourth-order valence-electron chi connectivity index (χ4n) is 2.59. The maximum atomic E-state index is 11.2. The number of para-hydroxylation sites is 1. The molecule has 1 fully saturated rings. The zero-order valence-corrected chi connectivity index (χ0v) is 11.0. The van der Waals surface area contributed by atoms with Crippen LogP contribution >= 0.6 is 12.2 Å². The normalized spacial score (nSPS) is 20.1. The van der Waals surface area contributed by atoms with E-state index in [-0.39, 0.29) is 11.9 Å². The van der Waals surface area contributed by atoms with Gasteiger partial charge in [0.15, 0.2) is 4.77 Å². The summed E-state index contributed by atoms with van der Waals surface area (Å²) in [5.41, 5.74) is 3.41. The number of hydrogen-bond donors (Lipinski definition) is 2. The van der Waals surface area contributed by atoms with Crippen molar-refractivity contribution in [2.24, 2.45) is 0 Å². The average Bonchev–Trinajstić information content (AvgIpc) is 2.69. The first-order valence-electron chi connectivity index (χ1n) is 6.13. The molecule has 1 aliphatic rings. The Kier molecular flexibility index (Phi) is 2.70. The monoisotopic (exact) mass is 261 g/mol. The van der Waals surface area contributed by atoms with Crippen molar-refractivity contribution in [3.8, 4) is 0 Å². The van der Waals surface area contributed by atoms with E-state index in [2.05, 4.69) is 33.9 Å². The van der Waals surface area contributed by atoms with Gasteiger partial charge in [-0.1, -0.05) is 12.1 Å². The molecule has 18 heavy (non-hydrogen) atoms. The molecule has 1 amide bonds. The van der Waals surface area contributed by atoms with Crippen molar-refractivity contribution in [3.05, 3.63) is 28.5 Å². The number of aryl methyl sites for hydroxylation is 1. The number of H-pyrrole nitrogens is 1. The molecule has 2 N–H and O–H groups in total. The number of nitrogens with one attached hydrogen (secondary N) is 2. The van der Waals surface area contributed by atoms with E-state index in [9.17, 15) is 4.79 Å². The lowest BCUT2D eigenvalue weighted by atomic mass is 10.1.